The Morgan fingerprint density at radius 3 is 3.11 bits per heavy atom. The molecular formula is C14H22N2O2S. The summed E-state index contributed by atoms with van der Waals surface area (Å²) in [5.74, 6) is 0.213. The molecule has 1 aliphatic rings. The predicted octanol–water partition coefficient (Wildman–Crippen LogP) is 1.87. The van der Waals surface area contributed by atoms with Crippen molar-refractivity contribution < 1.29 is 9.53 Å². The third-order valence-electron chi connectivity index (χ3n) is 3.41. The van der Waals surface area contributed by atoms with Gasteiger partial charge < -0.3 is 15.0 Å². The molecule has 2 rings (SSSR count). The Balaban J connectivity index is 1.96. The molecule has 19 heavy (non-hydrogen) atoms. The van der Waals surface area contributed by atoms with E-state index in [1.807, 2.05) is 16.3 Å². The number of thiophene rings is 1. The fraction of sp³-hybridized carbons (Fsp3) is 0.643. The van der Waals surface area contributed by atoms with Crippen molar-refractivity contribution in [3.63, 3.8) is 0 Å². The lowest BCUT2D eigenvalue weighted by Gasteiger charge is -2.29. The first-order valence-corrected chi connectivity index (χ1v) is 7.72. The molecule has 1 amide bonds. The van der Waals surface area contributed by atoms with Crippen molar-refractivity contribution in [2.45, 2.75) is 31.8 Å². The van der Waals surface area contributed by atoms with E-state index in [0.717, 1.165) is 19.4 Å². The first kappa shape index (κ1) is 14.5. The maximum atomic E-state index is 12.5. The summed E-state index contributed by atoms with van der Waals surface area (Å²) >= 11 is 1.69. The number of nitrogens with one attached hydrogen (secondary N) is 1. The minimum atomic E-state index is -0.00873. The first-order valence-electron chi connectivity index (χ1n) is 6.84. The summed E-state index contributed by atoms with van der Waals surface area (Å²) in [6, 6.07) is 4.09. The van der Waals surface area contributed by atoms with Crippen molar-refractivity contribution >= 4 is 17.2 Å². The molecule has 2 heterocycles. The number of ether oxygens (including phenoxy) is 1. The Hall–Kier alpha value is -0.910. The number of rotatable bonds is 6. The van der Waals surface area contributed by atoms with E-state index in [2.05, 4.69) is 11.4 Å². The summed E-state index contributed by atoms with van der Waals surface area (Å²) in [4.78, 5) is 15.7. The Morgan fingerprint density at radius 2 is 2.47 bits per heavy atom. The minimum Gasteiger partial charge on any atom is -0.383 e. The maximum absolute atomic E-state index is 12.5. The molecule has 1 aliphatic heterocycles. The van der Waals surface area contributed by atoms with Gasteiger partial charge in [0.2, 0.25) is 5.91 Å². The van der Waals surface area contributed by atoms with Crippen LogP contribution in [0.4, 0.5) is 0 Å². The molecule has 1 fully saturated rings. The van der Waals surface area contributed by atoms with Crippen LogP contribution in [0.3, 0.4) is 0 Å². The molecule has 0 bridgehead atoms. The molecule has 0 saturated carbocycles. The standard InChI is InChI=1S/C14H22N2O2S/c1-18-9-8-16(11-12-5-4-10-19-12)14(17)13-6-2-3-7-15-13/h4-5,10,13,15H,2-3,6-9,11H2,1H3/t13-/m0/s1. The van der Waals surface area contributed by atoms with Crippen molar-refractivity contribution in [3.05, 3.63) is 22.4 Å². The molecule has 0 aliphatic carbocycles. The number of piperidine rings is 1. The fourth-order valence-corrected chi connectivity index (χ4v) is 3.06. The number of carbonyl (C=O) groups is 1. The minimum absolute atomic E-state index is 0.00873. The van der Waals surface area contributed by atoms with Gasteiger partial charge in [-0.25, -0.2) is 0 Å². The first-order chi connectivity index (χ1) is 9.31. The highest BCUT2D eigenvalue weighted by Gasteiger charge is 2.25. The lowest BCUT2D eigenvalue weighted by Crippen LogP contribution is -2.49. The second kappa shape index (κ2) is 7.62. The van der Waals surface area contributed by atoms with Gasteiger partial charge >= 0.3 is 0 Å². The predicted molar refractivity (Wildman–Crippen MR) is 77.3 cm³/mol. The van der Waals surface area contributed by atoms with Crippen molar-refractivity contribution in [2.75, 3.05) is 26.8 Å². The zero-order valence-electron chi connectivity index (χ0n) is 11.4. The van der Waals surface area contributed by atoms with Gasteiger partial charge in [0.1, 0.15) is 0 Å². The van der Waals surface area contributed by atoms with E-state index in [4.69, 9.17) is 4.74 Å². The van der Waals surface area contributed by atoms with Crippen molar-refractivity contribution in [3.8, 4) is 0 Å². The van der Waals surface area contributed by atoms with Crippen molar-refractivity contribution in [1.29, 1.82) is 0 Å². The molecule has 0 unspecified atom stereocenters. The molecule has 0 aromatic carbocycles. The Bertz CT molecular complexity index is 375. The lowest BCUT2D eigenvalue weighted by atomic mass is 10.0. The molecule has 0 spiro atoms. The van der Waals surface area contributed by atoms with Gasteiger partial charge in [-0.3, -0.25) is 4.79 Å². The van der Waals surface area contributed by atoms with Gasteiger partial charge in [0.25, 0.3) is 0 Å². The van der Waals surface area contributed by atoms with Crippen LogP contribution in [0.25, 0.3) is 0 Å². The molecule has 5 heteroatoms. The van der Waals surface area contributed by atoms with Crippen molar-refractivity contribution in [2.24, 2.45) is 0 Å². The number of hydrogen-bond acceptors (Lipinski definition) is 4. The summed E-state index contributed by atoms with van der Waals surface area (Å²) in [6.45, 7) is 2.89. The van der Waals surface area contributed by atoms with Crippen LogP contribution in [0.5, 0.6) is 0 Å². The Kier molecular flexibility index (Phi) is 5.82. The Morgan fingerprint density at radius 1 is 1.58 bits per heavy atom. The maximum Gasteiger partial charge on any atom is 0.240 e. The summed E-state index contributed by atoms with van der Waals surface area (Å²) < 4.78 is 5.12. The van der Waals surface area contributed by atoms with Crippen LogP contribution >= 0.6 is 11.3 Å². The molecule has 1 N–H and O–H groups in total. The summed E-state index contributed by atoms with van der Waals surface area (Å²) in [6.07, 6.45) is 3.26. The largest absolute Gasteiger partial charge is 0.383 e. The van der Waals surface area contributed by atoms with Crippen LogP contribution in [0, 0.1) is 0 Å². The van der Waals surface area contributed by atoms with Gasteiger partial charge in [0, 0.05) is 18.5 Å². The van der Waals surface area contributed by atoms with Gasteiger partial charge in [-0.15, -0.1) is 11.3 Å². The fourth-order valence-electron chi connectivity index (χ4n) is 2.34. The molecule has 1 aromatic heterocycles. The Labute approximate surface area is 118 Å². The van der Waals surface area contributed by atoms with Crippen LogP contribution in [-0.4, -0.2) is 43.7 Å². The van der Waals surface area contributed by atoms with Gasteiger partial charge in [-0.2, -0.15) is 0 Å². The third kappa shape index (κ3) is 4.30. The lowest BCUT2D eigenvalue weighted by molar-refractivity contribution is -0.135. The highest BCUT2D eigenvalue weighted by molar-refractivity contribution is 7.09. The molecule has 1 aromatic rings. The van der Waals surface area contributed by atoms with E-state index in [1.54, 1.807) is 18.4 Å². The van der Waals surface area contributed by atoms with E-state index >= 15 is 0 Å². The second-order valence-electron chi connectivity index (χ2n) is 4.83. The zero-order chi connectivity index (χ0) is 13.5. The van der Waals surface area contributed by atoms with Gasteiger partial charge in [-0.1, -0.05) is 12.5 Å². The second-order valence-corrected chi connectivity index (χ2v) is 5.87. The van der Waals surface area contributed by atoms with E-state index in [1.165, 1.54) is 11.3 Å². The van der Waals surface area contributed by atoms with Gasteiger partial charge in [0.05, 0.1) is 19.2 Å². The van der Waals surface area contributed by atoms with Gasteiger partial charge in [-0.05, 0) is 30.8 Å². The summed E-state index contributed by atoms with van der Waals surface area (Å²) in [7, 11) is 1.67. The number of amides is 1. The number of methoxy groups -OCH3 is 1. The molecular weight excluding hydrogens is 260 g/mol. The topological polar surface area (TPSA) is 41.6 Å². The zero-order valence-corrected chi connectivity index (χ0v) is 12.2. The van der Waals surface area contributed by atoms with Crippen LogP contribution < -0.4 is 5.32 Å². The average molecular weight is 282 g/mol. The van der Waals surface area contributed by atoms with Crippen LogP contribution in [-0.2, 0) is 16.1 Å². The highest BCUT2D eigenvalue weighted by Crippen LogP contribution is 2.15. The van der Waals surface area contributed by atoms with E-state index in [9.17, 15) is 4.79 Å². The molecule has 1 saturated heterocycles. The van der Waals surface area contributed by atoms with Crippen LogP contribution in [0.2, 0.25) is 0 Å². The van der Waals surface area contributed by atoms with E-state index in [-0.39, 0.29) is 11.9 Å². The summed E-state index contributed by atoms with van der Waals surface area (Å²) in [5, 5.41) is 5.38. The highest BCUT2D eigenvalue weighted by atomic mass is 32.1. The molecule has 4 nitrogen and oxygen atoms in total. The van der Waals surface area contributed by atoms with E-state index in [0.29, 0.717) is 19.7 Å². The quantitative estimate of drug-likeness (QED) is 0.866. The SMILES string of the molecule is COCCN(Cc1cccs1)C(=O)[C@@H]1CCCCN1. The summed E-state index contributed by atoms with van der Waals surface area (Å²) in [5.41, 5.74) is 0. The molecule has 1 atom stereocenters. The van der Waals surface area contributed by atoms with Crippen molar-refractivity contribution in [1.82, 2.24) is 10.2 Å². The van der Waals surface area contributed by atoms with E-state index < -0.39 is 0 Å². The number of hydrogen-bond donors (Lipinski definition) is 1. The number of nitrogens with zero attached hydrogens (tertiary/aromatic N) is 1. The third-order valence-corrected chi connectivity index (χ3v) is 4.27. The van der Waals surface area contributed by atoms with Crippen LogP contribution in [0.1, 0.15) is 24.1 Å². The van der Waals surface area contributed by atoms with Crippen LogP contribution in [0.15, 0.2) is 17.5 Å². The van der Waals surface area contributed by atoms with Gasteiger partial charge in [0.15, 0.2) is 0 Å². The number of carbonyl (C=O) groups excluding carboxylic acids is 1. The normalized spacial score (nSPS) is 19.3. The average Bonchev–Trinajstić information content (AvgIpc) is 2.96. The smallest absolute Gasteiger partial charge is 0.240 e. The molecule has 106 valence electrons. The molecule has 0 radical (unpaired) electrons. The monoisotopic (exact) mass is 282 g/mol.